The zero-order valence-electron chi connectivity index (χ0n) is 13.9. The van der Waals surface area contributed by atoms with Gasteiger partial charge in [-0.15, -0.1) is 0 Å². The summed E-state index contributed by atoms with van der Waals surface area (Å²) in [5.41, 5.74) is 0.267. The van der Waals surface area contributed by atoms with Crippen LogP contribution in [0.5, 0.6) is 0 Å². The molecule has 1 aromatic carbocycles. The number of rotatable bonds is 2. The summed E-state index contributed by atoms with van der Waals surface area (Å²) in [5.74, 6) is -0.687. The van der Waals surface area contributed by atoms with Crippen molar-refractivity contribution in [1.82, 2.24) is 9.38 Å². The molecule has 134 valence electrons. The van der Waals surface area contributed by atoms with E-state index < -0.39 is 23.2 Å². The van der Waals surface area contributed by atoms with E-state index in [1.807, 2.05) is 13.0 Å². The van der Waals surface area contributed by atoms with Gasteiger partial charge in [-0.1, -0.05) is 6.07 Å². The van der Waals surface area contributed by atoms with Crippen molar-refractivity contribution in [3.63, 3.8) is 0 Å². The summed E-state index contributed by atoms with van der Waals surface area (Å²) in [6, 6.07) is 7.24. The molecular formula is C18H14F3N3O2. The Labute approximate surface area is 146 Å². The van der Waals surface area contributed by atoms with E-state index in [-0.39, 0.29) is 11.3 Å². The summed E-state index contributed by atoms with van der Waals surface area (Å²) < 4.78 is 39.1. The summed E-state index contributed by atoms with van der Waals surface area (Å²) in [4.78, 5) is 29.2. The van der Waals surface area contributed by atoms with E-state index in [1.54, 1.807) is 19.2 Å². The molecule has 2 heterocycles. The van der Waals surface area contributed by atoms with E-state index in [0.717, 1.165) is 29.8 Å². The number of halogens is 3. The molecule has 26 heavy (non-hydrogen) atoms. The summed E-state index contributed by atoms with van der Waals surface area (Å²) in [6.07, 6.45) is -2.89. The normalized spacial score (nSPS) is 11.6. The van der Waals surface area contributed by atoms with Gasteiger partial charge >= 0.3 is 6.18 Å². The number of aryl methyl sites for hydroxylation is 2. The summed E-state index contributed by atoms with van der Waals surface area (Å²) in [6.45, 7) is 3.38. The number of pyridine rings is 1. The second-order valence-corrected chi connectivity index (χ2v) is 5.84. The average molecular weight is 361 g/mol. The van der Waals surface area contributed by atoms with Gasteiger partial charge in [-0.25, -0.2) is 4.98 Å². The van der Waals surface area contributed by atoms with Crippen molar-refractivity contribution in [3.05, 3.63) is 75.3 Å². The standard InChI is InChI=1S/C18H14F3N3O2/c1-10-3-8-14-22-11(2)15(17(26)24(14)9-10)23-16(25)12-4-6-13(7-5-12)18(19,20)21/h3-9H,1-2H3,(H,23,25). The molecule has 0 atom stereocenters. The predicted octanol–water partition coefficient (Wildman–Crippen LogP) is 3.58. The van der Waals surface area contributed by atoms with Crippen molar-refractivity contribution in [1.29, 1.82) is 0 Å². The number of hydrogen-bond acceptors (Lipinski definition) is 3. The van der Waals surface area contributed by atoms with Crippen molar-refractivity contribution >= 4 is 17.2 Å². The lowest BCUT2D eigenvalue weighted by molar-refractivity contribution is -0.137. The third kappa shape index (κ3) is 3.30. The number of carbonyl (C=O) groups is 1. The molecule has 5 nitrogen and oxygen atoms in total. The minimum absolute atomic E-state index is 0.00568. The first-order valence-electron chi connectivity index (χ1n) is 7.65. The fourth-order valence-electron chi connectivity index (χ4n) is 2.50. The molecule has 0 fully saturated rings. The molecule has 0 aliphatic rings. The Kier molecular flexibility index (Phi) is 4.27. The van der Waals surface area contributed by atoms with E-state index in [9.17, 15) is 22.8 Å². The molecule has 0 aliphatic carbocycles. The number of benzene rings is 1. The highest BCUT2D eigenvalue weighted by Gasteiger charge is 2.30. The lowest BCUT2D eigenvalue weighted by Crippen LogP contribution is -2.25. The number of carbonyl (C=O) groups excluding carboxylic acids is 1. The van der Waals surface area contributed by atoms with Crippen LogP contribution >= 0.6 is 0 Å². The van der Waals surface area contributed by atoms with Gasteiger partial charge in [-0.05, 0) is 49.7 Å². The lowest BCUT2D eigenvalue weighted by Gasteiger charge is -2.11. The van der Waals surface area contributed by atoms with Crippen molar-refractivity contribution in [2.45, 2.75) is 20.0 Å². The second-order valence-electron chi connectivity index (χ2n) is 5.84. The molecule has 0 radical (unpaired) electrons. The minimum atomic E-state index is -4.48. The molecule has 0 saturated carbocycles. The molecule has 0 bridgehead atoms. The number of fused-ring (bicyclic) bond motifs is 1. The Morgan fingerprint density at radius 1 is 1.08 bits per heavy atom. The Morgan fingerprint density at radius 2 is 1.73 bits per heavy atom. The van der Waals surface area contributed by atoms with Crippen LogP contribution in [0.3, 0.4) is 0 Å². The van der Waals surface area contributed by atoms with Crippen LogP contribution < -0.4 is 10.9 Å². The lowest BCUT2D eigenvalue weighted by atomic mass is 10.1. The van der Waals surface area contributed by atoms with Gasteiger partial charge in [0.25, 0.3) is 11.5 Å². The first kappa shape index (κ1) is 17.7. The Bertz CT molecular complexity index is 1050. The largest absolute Gasteiger partial charge is 0.416 e. The number of hydrogen-bond donors (Lipinski definition) is 1. The fraction of sp³-hybridized carbons (Fsp3) is 0.167. The first-order valence-corrected chi connectivity index (χ1v) is 7.65. The SMILES string of the molecule is Cc1ccc2nc(C)c(NC(=O)c3ccc(C(F)(F)F)cc3)c(=O)n2c1. The molecule has 1 N–H and O–H groups in total. The monoisotopic (exact) mass is 361 g/mol. The number of amides is 1. The van der Waals surface area contributed by atoms with Gasteiger partial charge in [0.1, 0.15) is 11.3 Å². The van der Waals surface area contributed by atoms with Crippen LogP contribution in [0.1, 0.15) is 27.2 Å². The molecule has 8 heteroatoms. The average Bonchev–Trinajstić information content (AvgIpc) is 2.58. The van der Waals surface area contributed by atoms with Gasteiger partial charge in [0.05, 0.1) is 11.3 Å². The van der Waals surface area contributed by atoms with Crippen molar-refractivity contribution in [2.75, 3.05) is 5.32 Å². The van der Waals surface area contributed by atoms with Gasteiger partial charge in [-0.2, -0.15) is 13.2 Å². The highest BCUT2D eigenvalue weighted by atomic mass is 19.4. The zero-order chi connectivity index (χ0) is 19.1. The minimum Gasteiger partial charge on any atom is -0.316 e. The predicted molar refractivity (Wildman–Crippen MR) is 90.3 cm³/mol. The van der Waals surface area contributed by atoms with Gasteiger partial charge in [0, 0.05) is 11.8 Å². The summed E-state index contributed by atoms with van der Waals surface area (Å²) >= 11 is 0. The molecule has 1 amide bonds. The van der Waals surface area contributed by atoms with Crippen LogP contribution in [-0.4, -0.2) is 15.3 Å². The first-order chi connectivity index (χ1) is 12.2. The highest BCUT2D eigenvalue weighted by molar-refractivity contribution is 6.04. The third-order valence-corrected chi connectivity index (χ3v) is 3.86. The Hall–Kier alpha value is -3.16. The van der Waals surface area contributed by atoms with Crippen LogP contribution in [-0.2, 0) is 6.18 Å². The highest BCUT2D eigenvalue weighted by Crippen LogP contribution is 2.29. The maximum atomic E-state index is 12.6. The van der Waals surface area contributed by atoms with Crippen molar-refractivity contribution in [2.24, 2.45) is 0 Å². The van der Waals surface area contributed by atoms with Gasteiger partial charge in [-0.3, -0.25) is 14.0 Å². The summed E-state index contributed by atoms with van der Waals surface area (Å²) in [5, 5.41) is 2.45. The number of nitrogens with zero attached hydrogens (tertiary/aromatic N) is 2. The molecule has 0 aliphatic heterocycles. The smallest absolute Gasteiger partial charge is 0.316 e. The number of alkyl halides is 3. The van der Waals surface area contributed by atoms with E-state index in [2.05, 4.69) is 10.3 Å². The van der Waals surface area contributed by atoms with Crippen molar-refractivity contribution in [3.8, 4) is 0 Å². The van der Waals surface area contributed by atoms with E-state index in [4.69, 9.17) is 0 Å². The molecule has 3 rings (SSSR count). The maximum Gasteiger partial charge on any atom is 0.416 e. The Balaban J connectivity index is 1.96. The molecule has 2 aromatic heterocycles. The zero-order valence-corrected chi connectivity index (χ0v) is 13.9. The van der Waals surface area contributed by atoms with E-state index >= 15 is 0 Å². The van der Waals surface area contributed by atoms with Crippen LogP contribution in [0.2, 0.25) is 0 Å². The fourth-order valence-corrected chi connectivity index (χ4v) is 2.50. The summed E-state index contributed by atoms with van der Waals surface area (Å²) in [7, 11) is 0. The Morgan fingerprint density at radius 3 is 2.35 bits per heavy atom. The molecule has 0 unspecified atom stereocenters. The maximum absolute atomic E-state index is 12.6. The van der Waals surface area contributed by atoms with Crippen LogP contribution in [0, 0.1) is 13.8 Å². The number of nitrogens with one attached hydrogen (secondary N) is 1. The molecule has 3 aromatic rings. The second kappa shape index (κ2) is 6.29. The van der Waals surface area contributed by atoms with Crippen molar-refractivity contribution < 1.29 is 18.0 Å². The topological polar surface area (TPSA) is 63.5 Å². The van der Waals surface area contributed by atoms with Crippen LogP contribution in [0.25, 0.3) is 5.65 Å². The van der Waals surface area contributed by atoms with E-state index in [0.29, 0.717) is 11.3 Å². The third-order valence-electron chi connectivity index (χ3n) is 3.86. The van der Waals surface area contributed by atoms with Crippen LogP contribution in [0.4, 0.5) is 18.9 Å². The van der Waals surface area contributed by atoms with E-state index in [1.165, 1.54) is 4.40 Å². The molecule has 0 spiro atoms. The number of aromatic nitrogens is 2. The quantitative estimate of drug-likeness (QED) is 0.759. The van der Waals surface area contributed by atoms with Gasteiger partial charge in [0.15, 0.2) is 0 Å². The van der Waals surface area contributed by atoms with Crippen LogP contribution in [0.15, 0.2) is 47.4 Å². The molecule has 0 saturated heterocycles. The number of anilines is 1. The molecular weight excluding hydrogens is 347 g/mol. The van der Waals surface area contributed by atoms with Gasteiger partial charge < -0.3 is 5.32 Å². The van der Waals surface area contributed by atoms with Gasteiger partial charge in [0.2, 0.25) is 0 Å².